The number of ether oxygens (including phenoxy) is 1. The van der Waals surface area contributed by atoms with E-state index in [0.717, 1.165) is 6.26 Å². The number of alkyl halides is 1. The van der Waals surface area contributed by atoms with Crippen molar-refractivity contribution in [1.29, 1.82) is 0 Å². The van der Waals surface area contributed by atoms with E-state index in [0.29, 0.717) is 16.9 Å². The van der Waals surface area contributed by atoms with Crippen molar-refractivity contribution in [2.75, 3.05) is 13.4 Å². The third kappa shape index (κ3) is 2.75. The number of hydrogen-bond donors (Lipinski definition) is 0. The minimum absolute atomic E-state index is 0.0548. The first-order valence-corrected chi connectivity index (χ1v) is 8.57. The highest BCUT2D eigenvalue weighted by Gasteiger charge is 2.24. The van der Waals surface area contributed by atoms with E-state index in [2.05, 4.69) is 4.98 Å². The number of carbonyl (C=O) groups excluding carboxylic acids is 1. The Bertz CT molecular complexity index is 798. The second kappa shape index (κ2) is 5.65. The molecule has 2 aromatic rings. The molecule has 1 unspecified atom stereocenters. The summed E-state index contributed by atoms with van der Waals surface area (Å²) < 4.78 is 30.0. The number of carbonyl (C=O) groups is 1. The van der Waals surface area contributed by atoms with Gasteiger partial charge in [0, 0.05) is 6.26 Å². The Kier molecular flexibility index (Phi) is 4.25. The van der Waals surface area contributed by atoms with Gasteiger partial charge in [-0.15, -0.1) is 11.6 Å². The van der Waals surface area contributed by atoms with Gasteiger partial charge in [0.1, 0.15) is 17.4 Å². The van der Waals surface area contributed by atoms with E-state index in [9.17, 15) is 13.2 Å². The number of sulfone groups is 1. The molecule has 0 N–H and O–H groups in total. The number of rotatable bonds is 4. The summed E-state index contributed by atoms with van der Waals surface area (Å²) in [4.78, 5) is 16.2. The van der Waals surface area contributed by atoms with Crippen molar-refractivity contribution >= 4 is 38.4 Å². The van der Waals surface area contributed by atoms with Crippen LogP contribution in [0.1, 0.15) is 18.8 Å². The van der Waals surface area contributed by atoms with Gasteiger partial charge in [-0.1, -0.05) is 6.07 Å². The molecule has 8 heteroatoms. The standard InChI is InChI=1S/C13H15ClN2O4S/c1-8(13(17)20-2)16-9-5-4-6-10(21(3,18)19)12(9)15-11(16)7-14/h4-6,8H,7H2,1-3H3. The Hall–Kier alpha value is -1.60. The van der Waals surface area contributed by atoms with E-state index in [1.54, 1.807) is 23.6 Å². The van der Waals surface area contributed by atoms with Crippen LogP contribution >= 0.6 is 11.6 Å². The minimum atomic E-state index is -3.43. The third-order valence-electron chi connectivity index (χ3n) is 3.20. The van der Waals surface area contributed by atoms with Crippen molar-refractivity contribution in [3.8, 4) is 0 Å². The van der Waals surface area contributed by atoms with Crippen molar-refractivity contribution in [2.45, 2.75) is 23.7 Å². The molecule has 0 saturated heterocycles. The van der Waals surface area contributed by atoms with Crippen LogP contribution in [0.3, 0.4) is 0 Å². The van der Waals surface area contributed by atoms with E-state index in [1.807, 2.05) is 0 Å². The van der Waals surface area contributed by atoms with Crippen LogP contribution in [0.2, 0.25) is 0 Å². The first kappa shape index (κ1) is 15.8. The molecule has 1 aromatic carbocycles. The number of benzene rings is 1. The zero-order valence-corrected chi connectivity index (χ0v) is 13.4. The lowest BCUT2D eigenvalue weighted by Crippen LogP contribution is -2.19. The fraction of sp³-hybridized carbons (Fsp3) is 0.385. The van der Waals surface area contributed by atoms with Crippen LogP contribution in [0.25, 0.3) is 11.0 Å². The molecular formula is C13H15ClN2O4S. The molecule has 0 bridgehead atoms. The van der Waals surface area contributed by atoms with Gasteiger partial charge in [-0.2, -0.15) is 0 Å². The molecule has 0 saturated carbocycles. The fourth-order valence-electron chi connectivity index (χ4n) is 2.24. The molecule has 0 spiro atoms. The molecule has 1 heterocycles. The summed E-state index contributed by atoms with van der Waals surface area (Å²) >= 11 is 5.88. The van der Waals surface area contributed by atoms with Crippen molar-refractivity contribution in [1.82, 2.24) is 9.55 Å². The van der Waals surface area contributed by atoms with E-state index in [1.165, 1.54) is 13.2 Å². The zero-order valence-electron chi connectivity index (χ0n) is 11.8. The lowest BCUT2D eigenvalue weighted by molar-refractivity contribution is -0.143. The summed E-state index contributed by atoms with van der Waals surface area (Å²) in [5, 5.41) is 0. The van der Waals surface area contributed by atoms with Gasteiger partial charge in [0.05, 0.1) is 23.4 Å². The van der Waals surface area contributed by atoms with Gasteiger partial charge in [-0.25, -0.2) is 18.2 Å². The number of halogens is 1. The minimum Gasteiger partial charge on any atom is -0.467 e. The Balaban J connectivity index is 2.80. The molecule has 1 aromatic heterocycles. The van der Waals surface area contributed by atoms with Crippen LogP contribution in [0, 0.1) is 0 Å². The smallest absolute Gasteiger partial charge is 0.328 e. The van der Waals surface area contributed by atoms with Crippen LogP contribution < -0.4 is 0 Å². The third-order valence-corrected chi connectivity index (χ3v) is 4.57. The maximum Gasteiger partial charge on any atom is 0.328 e. The normalized spacial score (nSPS) is 13.3. The lowest BCUT2D eigenvalue weighted by Gasteiger charge is -2.14. The highest BCUT2D eigenvalue weighted by atomic mass is 35.5. The molecule has 0 aliphatic rings. The summed E-state index contributed by atoms with van der Waals surface area (Å²) in [6, 6.07) is 4.14. The van der Waals surface area contributed by atoms with Crippen LogP contribution in [0.15, 0.2) is 23.1 Å². The van der Waals surface area contributed by atoms with Gasteiger partial charge in [0.15, 0.2) is 9.84 Å². The molecule has 1 atom stereocenters. The Morgan fingerprint density at radius 1 is 1.48 bits per heavy atom. The predicted molar refractivity (Wildman–Crippen MR) is 79.1 cm³/mol. The van der Waals surface area contributed by atoms with Gasteiger partial charge < -0.3 is 9.30 Å². The van der Waals surface area contributed by atoms with Crippen molar-refractivity contribution in [3.63, 3.8) is 0 Å². The SMILES string of the molecule is COC(=O)C(C)n1c(CCl)nc2c(S(C)(=O)=O)cccc21. The van der Waals surface area contributed by atoms with Crippen molar-refractivity contribution < 1.29 is 17.9 Å². The number of methoxy groups -OCH3 is 1. The highest BCUT2D eigenvalue weighted by Crippen LogP contribution is 2.27. The van der Waals surface area contributed by atoms with E-state index in [4.69, 9.17) is 16.3 Å². The van der Waals surface area contributed by atoms with Gasteiger partial charge >= 0.3 is 5.97 Å². The zero-order chi connectivity index (χ0) is 15.8. The Morgan fingerprint density at radius 3 is 2.67 bits per heavy atom. The number of fused-ring (bicyclic) bond motifs is 1. The molecular weight excluding hydrogens is 316 g/mol. The highest BCUT2D eigenvalue weighted by molar-refractivity contribution is 7.91. The van der Waals surface area contributed by atoms with Gasteiger partial charge in [0.25, 0.3) is 0 Å². The van der Waals surface area contributed by atoms with Crippen LogP contribution in [-0.4, -0.2) is 37.3 Å². The summed E-state index contributed by atoms with van der Waals surface area (Å²) in [6.45, 7) is 1.65. The maximum atomic E-state index is 11.8. The monoisotopic (exact) mass is 330 g/mol. The number of aromatic nitrogens is 2. The maximum absolute atomic E-state index is 11.8. The number of hydrogen-bond acceptors (Lipinski definition) is 5. The number of nitrogens with zero attached hydrogens (tertiary/aromatic N) is 2. The van der Waals surface area contributed by atoms with E-state index >= 15 is 0 Å². The lowest BCUT2D eigenvalue weighted by atomic mass is 10.2. The quantitative estimate of drug-likeness (QED) is 0.632. The number of imidazole rings is 1. The largest absolute Gasteiger partial charge is 0.467 e. The van der Waals surface area contributed by atoms with E-state index in [-0.39, 0.29) is 10.8 Å². The average molecular weight is 331 g/mol. The Morgan fingerprint density at radius 2 is 2.14 bits per heavy atom. The predicted octanol–water partition coefficient (Wildman–Crippen LogP) is 1.91. The van der Waals surface area contributed by atoms with Gasteiger partial charge in [-0.05, 0) is 19.1 Å². The summed E-state index contributed by atoms with van der Waals surface area (Å²) in [5.41, 5.74) is 0.845. The first-order chi connectivity index (χ1) is 9.81. The summed E-state index contributed by atoms with van der Waals surface area (Å²) in [7, 11) is -2.14. The molecule has 0 amide bonds. The summed E-state index contributed by atoms with van der Waals surface area (Å²) in [5.74, 6) is 0.0188. The van der Waals surface area contributed by atoms with Gasteiger partial charge in [-0.3, -0.25) is 0 Å². The molecule has 6 nitrogen and oxygen atoms in total. The Labute approximate surface area is 127 Å². The molecule has 0 aliphatic heterocycles. The molecule has 114 valence electrons. The van der Waals surface area contributed by atoms with Crippen molar-refractivity contribution in [3.05, 3.63) is 24.0 Å². The van der Waals surface area contributed by atoms with Gasteiger partial charge in [0.2, 0.25) is 0 Å². The second-order valence-corrected chi connectivity index (χ2v) is 6.88. The fourth-order valence-corrected chi connectivity index (χ4v) is 3.26. The number of para-hydroxylation sites is 1. The topological polar surface area (TPSA) is 78.3 Å². The first-order valence-electron chi connectivity index (χ1n) is 6.15. The average Bonchev–Trinajstić information content (AvgIpc) is 2.82. The molecule has 0 aliphatic carbocycles. The number of esters is 1. The molecule has 0 radical (unpaired) electrons. The summed E-state index contributed by atoms with van der Waals surface area (Å²) in [6.07, 6.45) is 1.12. The van der Waals surface area contributed by atoms with Crippen LogP contribution in [0.4, 0.5) is 0 Å². The molecule has 2 rings (SSSR count). The second-order valence-electron chi connectivity index (χ2n) is 4.63. The van der Waals surface area contributed by atoms with Crippen LogP contribution in [0.5, 0.6) is 0 Å². The molecule has 0 fully saturated rings. The van der Waals surface area contributed by atoms with Crippen LogP contribution in [-0.2, 0) is 25.2 Å². The van der Waals surface area contributed by atoms with Crippen molar-refractivity contribution in [2.24, 2.45) is 0 Å². The molecule has 21 heavy (non-hydrogen) atoms. The van der Waals surface area contributed by atoms with E-state index < -0.39 is 21.8 Å².